The summed E-state index contributed by atoms with van der Waals surface area (Å²) in [6.45, 7) is -3.13. The van der Waals surface area contributed by atoms with Crippen molar-refractivity contribution in [1.29, 1.82) is 0 Å². The molecule has 0 spiro atoms. The quantitative estimate of drug-likeness (QED) is 0.515. The summed E-state index contributed by atoms with van der Waals surface area (Å²) in [4.78, 5) is 23.1. The van der Waals surface area contributed by atoms with Crippen LogP contribution in [0.2, 0.25) is 0 Å². The number of carbonyl (C=O) groups excluding carboxylic acids is 1. The first kappa shape index (κ1) is 20.0. The van der Waals surface area contributed by atoms with Crippen LogP contribution < -0.4 is 9.47 Å². The Morgan fingerprint density at radius 2 is 1.81 bits per heavy atom. The van der Waals surface area contributed by atoms with E-state index in [9.17, 15) is 28.1 Å². The fourth-order valence-corrected chi connectivity index (χ4v) is 2.12. The zero-order chi connectivity index (χ0) is 20.0. The highest BCUT2D eigenvalue weighted by Gasteiger charge is 2.16. The van der Waals surface area contributed by atoms with Crippen molar-refractivity contribution in [1.82, 2.24) is 4.90 Å². The van der Waals surface area contributed by atoms with Gasteiger partial charge in [0.15, 0.2) is 6.61 Å². The number of ether oxygens (including phenoxy) is 2. The minimum atomic E-state index is -2.92. The molecule has 0 fully saturated rings. The molecular formula is C17H15F3N2O5. The van der Waals surface area contributed by atoms with Gasteiger partial charge in [0, 0.05) is 25.7 Å². The summed E-state index contributed by atoms with van der Waals surface area (Å²) in [6, 6.07) is 8.75. The average molecular weight is 384 g/mol. The zero-order valence-corrected chi connectivity index (χ0v) is 14.1. The van der Waals surface area contributed by atoms with Crippen LogP contribution in [0.3, 0.4) is 0 Å². The van der Waals surface area contributed by atoms with Crippen LogP contribution in [0, 0.1) is 15.9 Å². The number of halogens is 3. The van der Waals surface area contributed by atoms with Gasteiger partial charge in [-0.1, -0.05) is 12.1 Å². The predicted molar refractivity (Wildman–Crippen MR) is 88.1 cm³/mol. The maximum absolute atomic E-state index is 13.5. The van der Waals surface area contributed by atoms with E-state index in [2.05, 4.69) is 4.74 Å². The molecule has 27 heavy (non-hydrogen) atoms. The number of amides is 1. The third kappa shape index (κ3) is 5.87. The molecule has 2 rings (SSSR count). The summed E-state index contributed by atoms with van der Waals surface area (Å²) in [7, 11) is 1.51. The van der Waals surface area contributed by atoms with E-state index >= 15 is 0 Å². The maximum atomic E-state index is 13.5. The third-order valence-electron chi connectivity index (χ3n) is 3.47. The van der Waals surface area contributed by atoms with Crippen LogP contribution in [-0.4, -0.2) is 36.0 Å². The molecule has 0 N–H and O–H groups in total. The number of likely N-dealkylation sites (N-methyl/N-ethyl adjacent to an activating group) is 1. The molecule has 144 valence electrons. The molecule has 0 saturated carbocycles. The highest BCUT2D eigenvalue weighted by molar-refractivity contribution is 5.77. The van der Waals surface area contributed by atoms with E-state index in [4.69, 9.17) is 4.74 Å². The normalized spacial score (nSPS) is 10.6. The summed E-state index contributed by atoms with van der Waals surface area (Å²) in [5.41, 5.74) is -0.0149. The van der Waals surface area contributed by atoms with Gasteiger partial charge in [-0.25, -0.2) is 0 Å². The van der Waals surface area contributed by atoms with Crippen molar-refractivity contribution < 1.29 is 32.4 Å². The summed E-state index contributed by atoms with van der Waals surface area (Å²) < 4.78 is 47.1. The standard InChI is InChI=1S/C17H15F3N2O5/c1-21(9-11-2-4-12(5-3-11)27-17(19)20)16(23)10-26-13-6-7-15(22(24)25)14(18)8-13/h2-8,17H,9-10H2,1H3. The van der Waals surface area contributed by atoms with Crippen molar-refractivity contribution in [3.05, 3.63) is 64.0 Å². The second-order valence-corrected chi connectivity index (χ2v) is 5.43. The second-order valence-electron chi connectivity index (χ2n) is 5.43. The summed E-state index contributed by atoms with van der Waals surface area (Å²) in [5, 5.41) is 10.6. The van der Waals surface area contributed by atoms with E-state index in [1.165, 1.54) is 42.3 Å². The molecule has 2 aromatic carbocycles. The van der Waals surface area contributed by atoms with Crippen molar-refractivity contribution in [2.45, 2.75) is 13.2 Å². The molecule has 0 aromatic heterocycles. The molecule has 0 unspecified atom stereocenters. The Morgan fingerprint density at radius 3 is 2.37 bits per heavy atom. The third-order valence-corrected chi connectivity index (χ3v) is 3.47. The van der Waals surface area contributed by atoms with E-state index in [0.717, 1.165) is 12.1 Å². The minimum absolute atomic E-state index is 0.00580. The van der Waals surface area contributed by atoms with Crippen molar-refractivity contribution in [3.63, 3.8) is 0 Å². The number of rotatable bonds is 8. The largest absolute Gasteiger partial charge is 0.484 e. The Kier molecular flexibility index (Phi) is 6.58. The van der Waals surface area contributed by atoms with E-state index < -0.39 is 35.6 Å². The van der Waals surface area contributed by atoms with Gasteiger partial charge in [0.1, 0.15) is 11.5 Å². The Bertz CT molecular complexity index is 815. The second kappa shape index (κ2) is 8.88. The number of benzene rings is 2. The Hall–Kier alpha value is -3.30. The first-order valence-electron chi connectivity index (χ1n) is 7.60. The number of nitro benzene ring substituents is 1. The fourth-order valence-electron chi connectivity index (χ4n) is 2.12. The molecule has 1 amide bonds. The lowest BCUT2D eigenvalue weighted by atomic mass is 10.2. The van der Waals surface area contributed by atoms with E-state index in [1.54, 1.807) is 0 Å². The van der Waals surface area contributed by atoms with Gasteiger partial charge in [0.05, 0.1) is 4.92 Å². The molecule has 0 aliphatic carbocycles. The van der Waals surface area contributed by atoms with Gasteiger partial charge in [-0.3, -0.25) is 14.9 Å². The first-order chi connectivity index (χ1) is 12.8. The fraction of sp³-hybridized carbons (Fsp3) is 0.235. The van der Waals surface area contributed by atoms with E-state index in [1.807, 2.05) is 0 Å². The van der Waals surface area contributed by atoms with Crippen LogP contribution in [0.4, 0.5) is 18.9 Å². The molecule has 0 aliphatic rings. The zero-order valence-electron chi connectivity index (χ0n) is 14.1. The molecular weight excluding hydrogens is 369 g/mol. The van der Waals surface area contributed by atoms with Gasteiger partial charge in [-0.15, -0.1) is 0 Å². The molecule has 2 aromatic rings. The predicted octanol–water partition coefficient (Wildman–Crippen LogP) is 3.37. The molecule has 0 aliphatic heterocycles. The average Bonchev–Trinajstić information content (AvgIpc) is 2.60. The Morgan fingerprint density at radius 1 is 1.19 bits per heavy atom. The molecule has 0 bridgehead atoms. The number of alkyl halides is 2. The summed E-state index contributed by atoms with van der Waals surface area (Å²) in [5.74, 6) is -1.51. The highest BCUT2D eigenvalue weighted by atomic mass is 19.3. The number of hydrogen-bond donors (Lipinski definition) is 0. The molecule has 0 heterocycles. The number of nitro groups is 1. The van der Waals surface area contributed by atoms with E-state index in [0.29, 0.717) is 5.56 Å². The molecule has 0 atom stereocenters. The van der Waals surface area contributed by atoms with Crippen molar-refractivity contribution in [3.8, 4) is 11.5 Å². The summed E-state index contributed by atoms with van der Waals surface area (Å²) in [6.07, 6.45) is 0. The maximum Gasteiger partial charge on any atom is 0.387 e. The Balaban J connectivity index is 1.88. The topological polar surface area (TPSA) is 81.9 Å². The molecule has 10 heteroatoms. The van der Waals surface area contributed by atoms with Gasteiger partial charge < -0.3 is 14.4 Å². The van der Waals surface area contributed by atoms with Gasteiger partial charge in [0.2, 0.25) is 5.82 Å². The van der Waals surface area contributed by atoms with Crippen LogP contribution in [-0.2, 0) is 11.3 Å². The number of carbonyl (C=O) groups is 1. The van der Waals surface area contributed by atoms with Crippen LogP contribution in [0.1, 0.15) is 5.56 Å². The van der Waals surface area contributed by atoms with Crippen LogP contribution >= 0.6 is 0 Å². The van der Waals surface area contributed by atoms with Crippen molar-refractivity contribution in [2.75, 3.05) is 13.7 Å². The summed E-state index contributed by atoms with van der Waals surface area (Å²) >= 11 is 0. The number of nitrogens with zero attached hydrogens (tertiary/aromatic N) is 2. The number of hydrogen-bond acceptors (Lipinski definition) is 5. The van der Waals surface area contributed by atoms with Gasteiger partial charge in [0.25, 0.3) is 5.91 Å². The van der Waals surface area contributed by atoms with Crippen molar-refractivity contribution >= 4 is 11.6 Å². The molecule has 7 nitrogen and oxygen atoms in total. The van der Waals surface area contributed by atoms with Crippen LogP contribution in [0.15, 0.2) is 42.5 Å². The van der Waals surface area contributed by atoms with Crippen molar-refractivity contribution in [2.24, 2.45) is 0 Å². The van der Waals surface area contributed by atoms with E-state index in [-0.39, 0.29) is 18.0 Å². The van der Waals surface area contributed by atoms with Crippen LogP contribution in [0.25, 0.3) is 0 Å². The lowest BCUT2D eigenvalue weighted by molar-refractivity contribution is -0.387. The smallest absolute Gasteiger partial charge is 0.387 e. The highest BCUT2D eigenvalue weighted by Crippen LogP contribution is 2.22. The molecule has 0 saturated heterocycles. The first-order valence-corrected chi connectivity index (χ1v) is 7.60. The van der Waals surface area contributed by atoms with Crippen LogP contribution in [0.5, 0.6) is 11.5 Å². The Labute approximate surface area is 152 Å². The lowest BCUT2D eigenvalue weighted by Crippen LogP contribution is -2.30. The molecule has 0 radical (unpaired) electrons. The van der Waals surface area contributed by atoms with Gasteiger partial charge in [-0.2, -0.15) is 13.2 Å². The lowest BCUT2D eigenvalue weighted by Gasteiger charge is -2.18. The van der Waals surface area contributed by atoms with Gasteiger partial charge in [-0.05, 0) is 23.8 Å². The monoisotopic (exact) mass is 384 g/mol. The van der Waals surface area contributed by atoms with Gasteiger partial charge >= 0.3 is 12.3 Å². The SMILES string of the molecule is CN(Cc1ccc(OC(F)F)cc1)C(=O)COc1ccc([N+](=O)[O-])c(F)c1. The minimum Gasteiger partial charge on any atom is -0.484 e.